The van der Waals surface area contributed by atoms with E-state index in [9.17, 15) is 9.59 Å². The molecule has 1 aliphatic rings. The Morgan fingerprint density at radius 2 is 2.03 bits per heavy atom. The maximum absolute atomic E-state index is 12.8. The van der Waals surface area contributed by atoms with E-state index in [0.29, 0.717) is 56.3 Å². The van der Waals surface area contributed by atoms with Crippen LogP contribution in [0.5, 0.6) is 5.75 Å². The SMILES string of the molecule is COc1cccc(CCN2C(=O)CCc3c(C)nc(CN(C)C(=O)CC(C)C)nc32)c1. The van der Waals surface area contributed by atoms with E-state index in [0.717, 1.165) is 22.6 Å². The van der Waals surface area contributed by atoms with Gasteiger partial charge in [-0.2, -0.15) is 0 Å². The van der Waals surface area contributed by atoms with Gasteiger partial charge in [0.05, 0.1) is 13.7 Å². The summed E-state index contributed by atoms with van der Waals surface area (Å²) in [5.74, 6) is 2.50. The summed E-state index contributed by atoms with van der Waals surface area (Å²) in [6.07, 6.45) is 2.30. The fraction of sp³-hybridized carbons (Fsp3) is 0.500. The average Bonchev–Trinajstić information content (AvgIpc) is 2.72. The van der Waals surface area contributed by atoms with Crippen LogP contribution >= 0.6 is 0 Å². The summed E-state index contributed by atoms with van der Waals surface area (Å²) in [4.78, 5) is 37.9. The number of carbonyl (C=O) groups excluding carboxylic acids is 2. The summed E-state index contributed by atoms with van der Waals surface area (Å²) in [5.41, 5.74) is 3.00. The molecule has 166 valence electrons. The van der Waals surface area contributed by atoms with Gasteiger partial charge in [-0.1, -0.05) is 26.0 Å². The van der Waals surface area contributed by atoms with Crippen LogP contribution in [-0.4, -0.2) is 47.4 Å². The predicted molar refractivity (Wildman–Crippen MR) is 120 cm³/mol. The van der Waals surface area contributed by atoms with Crippen LogP contribution in [0.2, 0.25) is 0 Å². The minimum absolute atomic E-state index is 0.0694. The quantitative estimate of drug-likeness (QED) is 0.650. The summed E-state index contributed by atoms with van der Waals surface area (Å²) in [5, 5.41) is 0. The Hall–Kier alpha value is -2.96. The Morgan fingerprint density at radius 3 is 2.74 bits per heavy atom. The van der Waals surface area contributed by atoms with Crippen LogP contribution in [0.1, 0.15) is 49.3 Å². The Labute approximate surface area is 184 Å². The third-order valence-electron chi connectivity index (χ3n) is 5.53. The highest BCUT2D eigenvalue weighted by Gasteiger charge is 2.28. The number of anilines is 1. The lowest BCUT2D eigenvalue weighted by atomic mass is 10.0. The lowest BCUT2D eigenvalue weighted by molar-refractivity contribution is -0.131. The van der Waals surface area contributed by atoms with Gasteiger partial charge in [-0.3, -0.25) is 14.5 Å². The van der Waals surface area contributed by atoms with Crippen molar-refractivity contribution in [3.05, 3.63) is 46.9 Å². The van der Waals surface area contributed by atoms with Crippen LogP contribution in [0.4, 0.5) is 5.82 Å². The summed E-state index contributed by atoms with van der Waals surface area (Å²) >= 11 is 0. The molecule has 2 heterocycles. The smallest absolute Gasteiger partial charge is 0.228 e. The first kappa shape index (κ1) is 22.7. The van der Waals surface area contributed by atoms with Gasteiger partial charge in [0.15, 0.2) is 0 Å². The van der Waals surface area contributed by atoms with Crippen LogP contribution in [0, 0.1) is 12.8 Å². The zero-order chi connectivity index (χ0) is 22.5. The van der Waals surface area contributed by atoms with Crippen molar-refractivity contribution in [1.82, 2.24) is 14.9 Å². The third-order valence-corrected chi connectivity index (χ3v) is 5.53. The van der Waals surface area contributed by atoms with Crippen molar-refractivity contribution in [2.24, 2.45) is 5.92 Å². The summed E-state index contributed by atoms with van der Waals surface area (Å²) in [6.45, 7) is 6.87. The second kappa shape index (κ2) is 9.90. The Kier molecular flexibility index (Phi) is 7.25. The topological polar surface area (TPSA) is 75.6 Å². The van der Waals surface area contributed by atoms with Gasteiger partial charge in [-0.05, 0) is 43.4 Å². The first-order chi connectivity index (χ1) is 14.8. The van der Waals surface area contributed by atoms with E-state index in [1.807, 2.05) is 45.0 Å². The monoisotopic (exact) mass is 424 g/mol. The number of ether oxygens (including phenoxy) is 1. The molecule has 2 amide bonds. The Bertz CT molecular complexity index is 958. The lowest BCUT2D eigenvalue weighted by Gasteiger charge is -2.30. The summed E-state index contributed by atoms with van der Waals surface area (Å²) in [6, 6.07) is 7.88. The number of aryl methyl sites for hydroxylation is 1. The van der Waals surface area contributed by atoms with Gasteiger partial charge in [-0.25, -0.2) is 9.97 Å². The van der Waals surface area contributed by atoms with Crippen LogP contribution < -0.4 is 9.64 Å². The van der Waals surface area contributed by atoms with Crippen molar-refractivity contribution >= 4 is 17.6 Å². The molecule has 1 aromatic carbocycles. The van der Waals surface area contributed by atoms with E-state index in [4.69, 9.17) is 9.72 Å². The number of aromatic nitrogens is 2. The second-order valence-corrected chi connectivity index (χ2v) is 8.52. The van der Waals surface area contributed by atoms with Crippen LogP contribution in [-0.2, 0) is 29.0 Å². The molecule has 0 N–H and O–H groups in total. The van der Waals surface area contributed by atoms with E-state index < -0.39 is 0 Å². The normalized spacial score (nSPS) is 13.4. The molecule has 0 radical (unpaired) electrons. The van der Waals surface area contributed by atoms with Gasteiger partial charge in [0, 0.05) is 37.7 Å². The van der Waals surface area contributed by atoms with Crippen molar-refractivity contribution in [2.75, 3.05) is 25.6 Å². The highest BCUT2D eigenvalue weighted by Crippen LogP contribution is 2.28. The highest BCUT2D eigenvalue weighted by molar-refractivity contribution is 5.95. The largest absolute Gasteiger partial charge is 0.497 e. The van der Waals surface area contributed by atoms with E-state index >= 15 is 0 Å². The fourth-order valence-corrected chi connectivity index (χ4v) is 3.81. The number of benzene rings is 1. The molecule has 0 saturated heterocycles. The van der Waals surface area contributed by atoms with Crippen molar-refractivity contribution < 1.29 is 14.3 Å². The number of rotatable bonds is 8. The first-order valence-corrected chi connectivity index (χ1v) is 10.8. The van der Waals surface area contributed by atoms with E-state index in [-0.39, 0.29) is 11.8 Å². The molecular formula is C24H32N4O3. The number of hydrogen-bond acceptors (Lipinski definition) is 5. The average molecular weight is 425 g/mol. The molecule has 31 heavy (non-hydrogen) atoms. The van der Waals surface area contributed by atoms with Gasteiger partial charge in [0.25, 0.3) is 0 Å². The number of fused-ring (bicyclic) bond motifs is 1. The molecule has 1 aliphatic heterocycles. The van der Waals surface area contributed by atoms with Crippen molar-refractivity contribution in [1.29, 1.82) is 0 Å². The van der Waals surface area contributed by atoms with Gasteiger partial charge in [0.2, 0.25) is 11.8 Å². The predicted octanol–water partition coefficient (Wildman–Crippen LogP) is 3.32. The number of amides is 2. The third kappa shape index (κ3) is 5.60. The van der Waals surface area contributed by atoms with Crippen LogP contribution in [0.15, 0.2) is 24.3 Å². The number of nitrogens with zero attached hydrogens (tertiary/aromatic N) is 4. The molecule has 7 heteroatoms. The van der Waals surface area contributed by atoms with Crippen LogP contribution in [0.25, 0.3) is 0 Å². The molecule has 0 aliphatic carbocycles. The van der Waals surface area contributed by atoms with Gasteiger partial charge < -0.3 is 9.64 Å². The van der Waals surface area contributed by atoms with E-state index in [1.54, 1.807) is 24.0 Å². The highest BCUT2D eigenvalue weighted by atomic mass is 16.5. The molecule has 0 bridgehead atoms. The maximum atomic E-state index is 12.8. The molecular weight excluding hydrogens is 392 g/mol. The Morgan fingerprint density at radius 1 is 1.26 bits per heavy atom. The van der Waals surface area contributed by atoms with Gasteiger partial charge in [0.1, 0.15) is 17.4 Å². The van der Waals surface area contributed by atoms with Crippen molar-refractivity contribution in [3.8, 4) is 5.75 Å². The molecule has 0 unspecified atom stereocenters. The van der Waals surface area contributed by atoms with E-state index in [2.05, 4.69) is 4.98 Å². The first-order valence-electron chi connectivity index (χ1n) is 10.8. The summed E-state index contributed by atoms with van der Waals surface area (Å²) in [7, 11) is 3.42. The van der Waals surface area contributed by atoms with E-state index in [1.165, 1.54) is 0 Å². The molecule has 1 aromatic heterocycles. The standard InChI is InChI=1S/C24H32N4O3/c1-16(2)13-23(30)27(4)15-21-25-17(3)20-9-10-22(29)28(24(20)26-21)12-11-18-7-6-8-19(14-18)31-5/h6-8,14,16H,9-13,15H2,1-5H3. The molecule has 0 atom stereocenters. The molecule has 3 rings (SSSR count). The number of methoxy groups -OCH3 is 1. The number of carbonyl (C=O) groups is 2. The maximum Gasteiger partial charge on any atom is 0.228 e. The molecule has 0 fully saturated rings. The van der Waals surface area contributed by atoms with Crippen LogP contribution in [0.3, 0.4) is 0 Å². The lowest BCUT2D eigenvalue weighted by Crippen LogP contribution is -2.38. The fourth-order valence-electron chi connectivity index (χ4n) is 3.81. The van der Waals surface area contributed by atoms with Crippen molar-refractivity contribution in [3.63, 3.8) is 0 Å². The molecule has 0 spiro atoms. The molecule has 2 aromatic rings. The van der Waals surface area contributed by atoms with Gasteiger partial charge >= 0.3 is 0 Å². The van der Waals surface area contributed by atoms with Crippen molar-refractivity contribution in [2.45, 2.75) is 53.0 Å². The summed E-state index contributed by atoms with van der Waals surface area (Å²) < 4.78 is 5.30. The zero-order valence-electron chi connectivity index (χ0n) is 19.1. The molecule has 0 saturated carbocycles. The second-order valence-electron chi connectivity index (χ2n) is 8.52. The van der Waals surface area contributed by atoms with Gasteiger partial charge in [-0.15, -0.1) is 0 Å². The zero-order valence-corrected chi connectivity index (χ0v) is 19.1. The molecule has 7 nitrogen and oxygen atoms in total. The minimum atomic E-state index is 0.0694. The minimum Gasteiger partial charge on any atom is -0.497 e. The number of hydrogen-bond donors (Lipinski definition) is 0. The Balaban J connectivity index is 1.81.